The molecular weight excluding hydrogens is 230 g/mol. The number of carbonyl (C=O) groups is 2. The van der Waals surface area contributed by atoms with E-state index in [1.165, 1.54) is 6.42 Å². The van der Waals surface area contributed by atoms with Crippen molar-refractivity contribution >= 4 is 11.9 Å². The summed E-state index contributed by atoms with van der Waals surface area (Å²) in [5, 5.41) is 9.00. The molecule has 0 aliphatic heterocycles. The van der Waals surface area contributed by atoms with E-state index in [4.69, 9.17) is 5.11 Å². The van der Waals surface area contributed by atoms with Crippen LogP contribution in [-0.2, 0) is 9.59 Å². The highest BCUT2D eigenvalue weighted by molar-refractivity contribution is 5.83. The van der Waals surface area contributed by atoms with Crippen LogP contribution in [0.2, 0.25) is 0 Å². The fourth-order valence-electron chi connectivity index (χ4n) is 2.80. The number of aliphatic carboxylic acids is 1. The molecule has 0 heterocycles. The zero-order valence-corrected chi connectivity index (χ0v) is 11.5. The largest absolute Gasteiger partial charge is 0.480 e. The Balaban J connectivity index is 2.75. The van der Waals surface area contributed by atoms with Crippen LogP contribution in [0.1, 0.15) is 58.8 Å². The summed E-state index contributed by atoms with van der Waals surface area (Å²) in [6, 6.07) is 0.142. The third-order valence-corrected chi connectivity index (χ3v) is 3.94. The molecule has 0 radical (unpaired) electrons. The van der Waals surface area contributed by atoms with Gasteiger partial charge in [0.25, 0.3) is 0 Å². The van der Waals surface area contributed by atoms with Crippen molar-refractivity contribution in [2.75, 3.05) is 6.54 Å². The van der Waals surface area contributed by atoms with Crippen molar-refractivity contribution in [2.45, 2.75) is 64.8 Å². The van der Waals surface area contributed by atoms with Crippen molar-refractivity contribution in [1.82, 2.24) is 4.90 Å². The lowest BCUT2D eigenvalue weighted by Gasteiger charge is -2.35. The van der Waals surface area contributed by atoms with Crippen molar-refractivity contribution in [1.29, 1.82) is 0 Å². The number of hydrogen-bond acceptors (Lipinski definition) is 2. The van der Waals surface area contributed by atoms with Gasteiger partial charge in [-0.1, -0.05) is 33.1 Å². The Morgan fingerprint density at radius 1 is 1.17 bits per heavy atom. The number of hydrogen-bond donors (Lipinski definition) is 1. The second-order valence-electron chi connectivity index (χ2n) is 5.17. The standard InChI is InChI=1S/C14H25NO3/c1-3-11(4-2)14(18)15(10-13(16)17)12-8-6-5-7-9-12/h11-12H,3-10H2,1-2H3,(H,16,17). The quantitative estimate of drug-likeness (QED) is 0.793. The van der Waals surface area contributed by atoms with E-state index >= 15 is 0 Å². The topological polar surface area (TPSA) is 57.6 Å². The summed E-state index contributed by atoms with van der Waals surface area (Å²) in [6.45, 7) is 3.85. The van der Waals surface area contributed by atoms with E-state index in [-0.39, 0.29) is 24.4 Å². The molecule has 1 aliphatic carbocycles. The molecule has 1 saturated carbocycles. The second kappa shape index (κ2) is 7.39. The highest BCUT2D eigenvalue weighted by Gasteiger charge is 2.30. The molecule has 4 nitrogen and oxygen atoms in total. The van der Waals surface area contributed by atoms with E-state index in [0.29, 0.717) is 0 Å². The van der Waals surface area contributed by atoms with Gasteiger partial charge in [0.15, 0.2) is 0 Å². The Morgan fingerprint density at radius 3 is 2.17 bits per heavy atom. The molecule has 1 amide bonds. The van der Waals surface area contributed by atoms with Crippen molar-refractivity contribution in [2.24, 2.45) is 5.92 Å². The second-order valence-corrected chi connectivity index (χ2v) is 5.17. The molecule has 0 bridgehead atoms. The Morgan fingerprint density at radius 2 is 1.72 bits per heavy atom. The van der Waals surface area contributed by atoms with Gasteiger partial charge >= 0.3 is 5.97 Å². The van der Waals surface area contributed by atoms with Crippen LogP contribution in [-0.4, -0.2) is 34.5 Å². The van der Waals surface area contributed by atoms with Crippen LogP contribution in [0, 0.1) is 5.92 Å². The van der Waals surface area contributed by atoms with Crippen LogP contribution in [0.4, 0.5) is 0 Å². The van der Waals surface area contributed by atoms with Gasteiger partial charge in [0.05, 0.1) is 0 Å². The fraction of sp³-hybridized carbons (Fsp3) is 0.857. The maximum absolute atomic E-state index is 12.4. The molecule has 1 rings (SSSR count). The Bertz CT molecular complexity index is 281. The number of carboxylic acids is 1. The SMILES string of the molecule is CCC(CC)C(=O)N(CC(=O)O)C1CCCCC1. The van der Waals surface area contributed by atoms with Crippen molar-refractivity contribution < 1.29 is 14.7 Å². The predicted octanol–water partition coefficient (Wildman–Crippen LogP) is 2.67. The molecule has 1 fully saturated rings. The minimum atomic E-state index is -0.903. The first-order valence-corrected chi connectivity index (χ1v) is 7.12. The first-order valence-electron chi connectivity index (χ1n) is 7.12. The van der Waals surface area contributed by atoms with Crippen LogP contribution in [0.25, 0.3) is 0 Å². The van der Waals surface area contributed by atoms with Gasteiger partial charge in [-0.05, 0) is 25.7 Å². The summed E-state index contributed by atoms with van der Waals surface area (Å²) in [5.74, 6) is -0.888. The van der Waals surface area contributed by atoms with Gasteiger partial charge in [0, 0.05) is 12.0 Å². The highest BCUT2D eigenvalue weighted by atomic mass is 16.4. The van der Waals surface area contributed by atoms with E-state index in [1.54, 1.807) is 4.90 Å². The zero-order valence-electron chi connectivity index (χ0n) is 11.5. The van der Waals surface area contributed by atoms with Crippen LogP contribution in [0.3, 0.4) is 0 Å². The molecule has 0 aromatic carbocycles. The summed E-state index contributed by atoms with van der Waals surface area (Å²) in [6.07, 6.45) is 6.92. The Kier molecular flexibility index (Phi) is 6.16. The molecule has 0 aromatic heterocycles. The van der Waals surface area contributed by atoms with Gasteiger partial charge in [0.1, 0.15) is 6.54 Å². The smallest absolute Gasteiger partial charge is 0.323 e. The van der Waals surface area contributed by atoms with Crippen LogP contribution < -0.4 is 0 Å². The molecule has 1 N–H and O–H groups in total. The van der Waals surface area contributed by atoms with E-state index in [2.05, 4.69) is 0 Å². The summed E-state index contributed by atoms with van der Waals surface area (Å²) in [5.41, 5.74) is 0. The van der Waals surface area contributed by atoms with E-state index in [1.807, 2.05) is 13.8 Å². The predicted molar refractivity (Wildman–Crippen MR) is 70.3 cm³/mol. The maximum atomic E-state index is 12.4. The maximum Gasteiger partial charge on any atom is 0.323 e. The average molecular weight is 255 g/mol. The Labute approximate surface area is 109 Å². The van der Waals surface area contributed by atoms with Crippen LogP contribution in [0.15, 0.2) is 0 Å². The summed E-state index contributed by atoms with van der Waals surface area (Å²) in [7, 11) is 0. The number of carbonyl (C=O) groups excluding carboxylic acids is 1. The van der Waals surface area contributed by atoms with E-state index in [9.17, 15) is 9.59 Å². The molecule has 0 atom stereocenters. The van der Waals surface area contributed by atoms with Gasteiger partial charge in [0.2, 0.25) is 5.91 Å². The van der Waals surface area contributed by atoms with Crippen LogP contribution >= 0.6 is 0 Å². The number of rotatable bonds is 6. The molecule has 18 heavy (non-hydrogen) atoms. The minimum absolute atomic E-state index is 0.0220. The van der Waals surface area contributed by atoms with Crippen molar-refractivity contribution in [3.05, 3.63) is 0 Å². The normalized spacial score (nSPS) is 16.8. The molecule has 4 heteroatoms. The van der Waals surface area contributed by atoms with Crippen molar-refractivity contribution in [3.8, 4) is 0 Å². The van der Waals surface area contributed by atoms with Gasteiger partial charge < -0.3 is 10.0 Å². The van der Waals surface area contributed by atoms with Gasteiger partial charge in [-0.25, -0.2) is 0 Å². The third kappa shape index (κ3) is 4.00. The molecular formula is C14H25NO3. The third-order valence-electron chi connectivity index (χ3n) is 3.94. The summed E-state index contributed by atoms with van der Waals surface area (Å²) < 4.78 is 0. The molecule has 104 valence electrons. The molecule has 1 aliphatic rings. The number of nitrogens with zero attached hydrogens (tertiary/aromatic N) is 1. The lowest BCUT2D eigenvalue weighted by molar-refractivity contribution is -0.149. The first-order chi connectivity index (χ1) is 8.60. The van der Waals surface area contributed by atoms with E-state index < -0.39 is 5.97 Å². The first kappa shape index (κ1) is 15.0. The number of amides is 1. The minimum Gasteiger partial charge on any atom is -0.480 e. The lowest BCUT2D eigenvalue weighted by Crippen LogP contribution is -2.46. The highest BCUT2D eigenvalue weighted by Crippen LogP contribution is 2.25. The lowest BCUT2D eigenvalue weighted by atomic mass is 9.92. The summed E-state index contributed by atoms with van der Waals surface area (Å²) >= 11 is 0. The molecule has 0 aromatic rings. The van der Waals surface area contributed by atoms with Gasteiger partial charge in [-0.15, -0.1) is 0 Å². The number of carboxylic acid groups (broad SMARTS) is 1. The summed E-state index contributed by atoms with van der Waals surface area (Å²) in [4.78, 5) is 25.0. The van der Waals surface area contributed by atoms with Gasteiger partial charge in [-0.2, -0.15) is 0 Å². The monoisotopic (exact) mass is 255 g/mol. The Hall–Kier alpha value is -1.06. The van der Waals surface area contributed by atoms with Crippen LogP contribution in [0.5, 0.6) is 0 Å². The molecule has 0 saturated heterocycles. The fourth-order valence-corrected chi connectivity index (χ4v) is 2.80. The zero-order chi connectivity index (χ0) is 13.5. The molecule has 0 unspecified atom stereocenters. The van der Waals surface area contributed by atoms with E-state index in [0.717, 1.165) is 38.5 Å². The molecule has 0 spiro atoms. The van der Waals surface area contributed by atoms with Crippen molar-refractivity contribution in [3.63, 3.8) is 0 Å². The van der Waals surface area contributed by atoms with Gasteiger partial charge in [-0.3, -0.25) is 9.59 Å². The average Bonchev–Trinajstić information content (AvgIpc) is 2.38.